The summed E-state index contributed by atoms with van der Waals surface area (Å²) in [6, 6.07) is 10.8. The van der Waals surface area contributed by atoms with Crippen molar-refractivity contribution in [2.75, 3.05) is 9.62 Å². The zero-order valence-electron chi connectivity index (χ0n) is 15.1. The molecule has 0 fully saturated rings. The lowest BCUT2D eigenvalue weighted by Gasteiger charge is -2.29. The molecule has 1 aliphatic heterocycles. The number of allylic oxidation sites excluding steroid dienone is 1. The molecule has 2 heterocycles. The lowest BCUT2D eigenvalue weighted by atomic mass is 10.2. The average molecular weight is 467 g/mol. The summed E-state index contributed by atoms with van der Waals surface area (Å²) in [6.45, 7) is -0.0701. The second-order valence-electron chi connectivity index (χ2n) is 6.38. The number of carbonyl (C=O) groups is 1. The molecule has 0 bridgehead atoms. The van der Waals surface area contributed by atoms with Crippen molar-refractivity contribution in [2.24, 2.45) is 0 Å². The lowest BCUT2D eigenvalue weighted by Crippen LogP contribution is -2.38. The Morgan fingerprint density at radius 2 is 1.83 bits per heavy atom. The molecular formula is C20H13ClF2N2O3S2. The van der Waals surface area contributed by atoms with E-state index in [1.54, 1.807) is 11.4 Å². The lowest BCUT2D eigenvalue weighted by molar-refractivity contribution is 0.104. The van der Waals surface area contributed by atoms with Gasteiger partial charge in [-0.3, -0.25) is 9.10 Å². The third-order valence-electron chi connectivity index (χ3n) is 4.44. The second-order valence-corrected chi connectivity index (χ2v) is 9.54. The Morgan fingerprint density at radius 3 is 2.53 bits per heavy atom. The Kier molecular flexibility index (Phi) is 5.35. The van der Waals surface area contributed by atoms with E-state index in [2.05, 4.69) is 5.32 Å². The Morgan fingerprint density at radius 1 is 1.10 bits per heavy atom. The molecule has 2 aromatic carbocycles. The number of thiophene rings is 1. The van der Waals surface area contributed by atoms with Crippen LogP contribution in [0.5, 0.6) is 0 Å². The number of Topliss-reactive ketones (excluding diaryl/α,β-unsaturated/α-hetero) is 1. The fraction of sp³-hybridized carbons (Fsp3) is 0.0500. The van der Waals surface area contributed by atoms with Crippen LogP contribution >= 0.6 is 22.9 Å². The molecule has 0 saturated carbocycles. The molecule has 0 saturated heterocycles. The minimum Gasteiger partial charge on any atom is -0.360 e. The summed E-state index contributed by atoms with van der Waals surface area (Å²) < 4.78 is 54.1. The summed E-state index contributed by atoms with van der Waals surface area (Å²) >= 11 is 6.87. The van der Waals surface area contributed by atoms with E-state index in [-0.39, 0.29) is 22.1 Å². The van der Waals surface area contributed by atoms with Crippen molar-refractivity contribution >= 4 is 50.1 Å². The number of hydrogen-bond donors (Lipinski definition) is 1. The van der Waals surface area contributed by atoms with Gasteiger partial charge in [0.05, 0.1) is 17.3 Å². The van der Waals surface area contributed by atoms with Crippen molar-refractivity contribution in [1.29, 1.82) is 0 Å². The number of fused-ring (bicyclic) bond motifs is 1. The van der Waals surface area contributed by atoms with Gasteiger partial charge in [-0.05, 0) is 47.3 Å². The second kappa shape index (κ2) is 7.82. The summed E-state index contributed by atoms with van der Waals surface area (Å²) in [5, 5.41) is 4.19. The molecule has 0 spiro atoms. The number of nitrogens with zero attached hydrogens (tertiary/aromatic N) is 1. The Labute approximate surface area is 180 Å². The third-order valence-corrected chi connectivity index (χ3v) is 7.40. The Balaban J connectivity index is 1.73. The third kappa shape index (κ3) is 3.71. The van der Waals surface area contributed by atoms with E-state index in [1.807, 2.05) is 0 Å². The topological polar surface area (TPSA) is 66.5 Å². The monoisotopic (exact) mass is 466 g/mol. The summed E-state index contributed by atoms with van der Waals surface area (Å²) in [5.41, 5.74) is 1.15. The van der Waals surface area contributed by atoms with Gasteiger partial charge in [0.15, 0.2) is 4.91 Å². The summed E-state index contributed by atoms with van der Waals surface area (Å²) in [7, 11) is -4.21. The SMILES string of the molecule is O=C1C(=CNc2ccc(F)c(Cl)c2)S(=O)(=O)N(Cc2ccc(F)cc2)c2ccsc21. The van der Waals surface area contributed by atoms with Crippen molar-refractivity contribution in [3.63, 3.8) is 0 Å². The molecule has 4 rings (SSSR count). The van der Waals surface area contributed by atoms with Gasteiger partial charge in [-0.1, -0.05) is 23.7 Å². The highest BCUT2D eigenvalue weighted by atomic mass is 35.5. The minimum atomic E-state index is -4.21. The van der Waals surface area contributed by atoms with Gasteiger partial charge in [-0.2, -0.15) is 0 Å². The first-order chi connectivity index (χ1) is 14.3. The van der Waals surface area contributed by atoms with Gasteiger partial charge in [0.2, 0.25) is 5.78 Å². The van der Waals surface area contributed by atoms with Gasteiger partial charge < -0.3 is 5.32 Å². The number of carbonyl (C=O) groups excluding carboxylic acids is 1. The molecule has 0 unspecified atom stereocenters. The smallest absolute Gasteiger partial charge is 0.270 e. The quantitative estimate of drug-likeness (QED) is 0.539. The van der Waals surface area contributed by atoms with Crippen LogP contribution in [0.4, 0.5) is 20.2 Å². The number of nitrogens with one attached hydrogen (secondary N) is 1. The molecule has 0 aliphatic carbocycles. The molecule has 10 heteroatoms. The highest BCUT2D eigenvalue weighted by Gasteiger charge is 2.41. The van der Waals surface area contributed by atoms with Crippen LogP contribution in [0.15, 0.2) is 65.0 Å². The molecule has 1 aromatic heterocycles. The maximum absolute atomic E-state index is 13.3. The van der Waals surface area contributed by atoms with Gasteiger partial charge in [-0.25, -0.2) is 17.2 Å². The van der Waals surface area contributed by atoms with Gasteiger partial charge in [-0.15, -0.1) is 11.3 Å². The van der Waals surface area contributed by atoms with Crippen LogP contribution in [0.2, 0.25) is 5.02 Å². The van der Waals surface area contributed by atoms with E-state index in [4.69, 9.17) is 11.6 Å². The van der Waals surface area contributed by atoms with Crippen LogP contribution in [0.3, 0.4) is 0 Å². The van der Waals surface area contributed by atoms with Crippen molar-refractivity contribution in [2.45, 2.75) is 6.54 Å². The first-order valence-corrected chi connectivity index (χ1v) is 11.3. The van der Waals surface area contributed by atoms with Crippen molar-refractivity contribution in [1.82, 2.24) is 0 Å². The van der Waals surface area contributed by atoms with Crippen LogP contribution in [-0.2, 0) is 16.6 Å². The number of benzene rings is 2. The van der Waals surface area contributed by atoms with E-state index in [0.29, 0.717) is 11.3 Å². The van der Waals surface area contributed by atoms with Gasteiger partial charge in [0, 0.05) is 11.9 Å². The van der Waals surface area contributed by atoms with E-state index >= 15 is 0 Å². The molecule has 3 aromatic rings. The van der Waals surface area contributed by atoms with Crippen LogP contribution in [-0.4, -0.2) is 14.2 Å². The molecule has 5 nitrogen and oxygen atoms in total. The van der Waals surface area contributed by atoms with Crippen molar-refractivity contribution in [3.8, 4) is 0 Å². The van der Waals surface area contributed by atoms with Gasteiger partial charge >= 0.3 is 0 Å². The first kappa shape index (κ1) is 20.5. The maximum Gasteiger partial charge on any atom is 0.270 e. The van der Waals surface area contributed by atoms with E-state index < -0.39 is 32.3 Å². The zero-order chi connectivity index (χ0) is 21.5. The molecule has 0 atom stereocenters. The minimum absolute atomic E-state index is 0.0701. The molecule has 30 heavy (non-hydrogen) atoms. The molecule has 0 radical (unpaired) electrons. The fourth-order valence-corrected chi connectivity index (χ4v) is 5.61. The van der Waals surface area contributed by atoms with Crippen molar-refractivity contribution in [3.05, 3.63) is 92.1 Å². The van der Waals surface area contributed by atoms with Crippen LogP contribution in [0.25, 0.3) is 0 Å². The molecule has 154 valence electrons. The molecular weight excluding hydrogens is 454 g/mol. The highest BCUT2D eigenvalue weighted by molar-refractivity contribution is 7.97. The summed E-state index contributed by atoms with van der Waals surface area (Å²) in [5.74, 6) is -1.70. The molecule has 1 aliphatic rings. The standard InChI is InChI=1S/C20H13ClF2N2O3S2/c21-15-9-14(5-6-16(15)23)24-10-18-19(26)20-17(7-8-29-20)25(30(18,27)28)11-12-1-3-13(22)4-2-12/h1-10,24H,11H2. The molecule has 0 amide bonds. The Bertz CT molecular complexity index is 1270. The predicted molar refractivity (Wildman–Crippen MR) is 113 cm³/mol. The number of halogens is 3. The fourth-order valence-electron chi connectivity index (χ4n) is 2.95. The van der Waals surface area contributed by atoms with Crippen LogP contribution < -0.4 is 9.62 Å². The number of hydrogen-bond acceptors (Lipinski definition) is 5. The van der Waals surface area contributed by atoms with E-state index in [9.17, 15) is 22.0 Å². The normalized spacial score (nSPS) is 16.6. The molecule has 1 N–H and O–H groups in total. The number of ketones is 1. The summed E-state index contributed by atoms with van der Waals surface area (Å²) in [6.07, 6.45) is 1.07. The summed E-state index contributed by atoms with van der Waals surface area (Å²) in [4.78, 5) is 12.7. The maximum atomic E-state index is 13.3. The Hall–Kier alpha value is -2.75. The predicted octanol–water partition coefficient (Wildman–Crippen LogP) is 5.17. The van der Waals surface area contributed by atoms with Crippen molar-refractivity contribution < 1.29 is 22.0 Å². The first-order valence-electron chi connectivity index (χ1n) is 8.58. The number of rotatable bonds is 4. The van der Waals surface area contributed by atoms with Gasteiger partial charge in [0.1, 0.15) is 16.5 Å². The zero-order valence-corrected chi connectivity index (χ0v) is 17.5. The van der Waals surface area contributed by atoms with Crippen LogP contribution in [0, 0.1) is 11.6 Å². The van der Waals surface area contributed by atoms with E-state index in [0.717, 1.165) is 27.9 Å². The highest BCUT2D eigenvalue weighted by Crippen LogP contribution is 2.39. The average Bonchev–Trinajstić information content (AvgIpc) is 3.19. The largest absolute Gasteiger partial charge is 0.360 e. The van der Waals surface area contributed by atoms with Crippen LogP contribution in [0.1, 0.15) is 15.2 Å². The van der Waals surface area contributed by atoms with E-state index in [1.165, 1.54) is 36.4 Å². The number of anilines is 2. The van der Waals surface area contributed by atoms with Gasteiger partial charge in [0.25, 0.3) is 10.0 Å². The number of sulfonamides is 1.